The first-order valence-corrected chi connectivity index (χ1v) is 10.3. The maximum Gasteiger partial charge on any atom is 0.320 e. The van der Waals surface area contributed by atoms with Crippen molar-refractivity contribution in [1.82, 2.24) is 4.90 Å². The minimum Gasteiger partial charge on any atom is -0.465 e. The molecule has 0 rings (SSSR count). The number of carbonyl (C=O) groups is 1. The molecule has 0 aliphatic rings. The first-order valence-electron chi connectivity index (χ1n) is 10.3. The second-order valence-corrected chi connectivity index (χ2v) is 7.98. The van der Waals surface area contributed by atoms with Crippen LogP contribution in [0.2, 0.25) is 0 Å². The highest BCUT2D eigenvalue weighted by Gasteiger charge is 2.11. The van der Waals surface area contributed by atoms with Crippen LogP contribution in [0.15, 0.2) is 0 Å². The fourth-order valence-corrected chi connectivity index (χ4v) is 2.84. The van der Waals surface area contributed by atoms with E-state index in [2.05, 4.69) is 32.6 Å². The van der Waals surface area contributed by atoms with Crippen molar-refractivity contribution >= 4 is 5.97 Å². The third-order valence-electron chi connectivity index (χ3n) is 4.33. The Bertz CT molecular complexity index is 272. The van der Waals surface area contributed by atoms with E-state index >= 15 is 0 Å². The van der Waals surface area contributed by atoms with Gasteiger partial charge in [-0.05, 0) is 44.2 Å². The normalized spacial score (nSPS) is 11.7. The van der Waals surface area contributed by atoms with Gasteiger partial charge in [-0.1, -0.05) is 73.1 Å². The van der Waals surface area contributed by atoms with Gasteiger partial charge in [-0.3, -0.25) is 9.69 Å². The standard InChI is InChI=1S/C21H43NO2/c1-6-17-24-21(23)18-22(15-11-7-9-13-19(2)3)16-12-8-10-14-20(4)5/h19-20H,6-18H2,1-5H3. The van der Waals surface area contributed by atoms with Crippen LogP contribution in [0.5, 0.6) is 0 Å². The molecule has 0 aliphatic carbocycles. The van der Waals surface area contributed by atoms with E-state index in [1.54, 1.807) is 0 Å². The Morgan fingerprint density at radius 3 is 1.75 bits per heavy atom. The summed E-state index contributed by atoms with van der Waals surface area (Å²) in [4.78, 5) is 14.2. The largest absolute Gasteiger partial charge is 0.465 e. The number of ether oxygens (including phenoxy) is 1. The average Bonchev–Trinajstić information content (AvgIpc) is 2.51. The van der Waals surface area contributed by atoms with Crippen molar-refractivity contribution in [2.75, 3.05) is 26.2 Å². The molecular weight excluding hydrogens is 298 g/mol. The lowest BCUT2D eigenvalue weighted by atomic mass is 10.0. The molecular formula is C21H43NO2. The predicted octanol–water partition coefficient (Wildman–Crippen LogP) is 5.67. The monoisotopic (exact) mass is 341 g/mol. The van der Waals surface area contributed by atoms with Crippen molar-refractivity contribution in [2.24, 2.45) is 11.8 Å². The second kappa shape index (κ2) is 15.9. The molecule has 0 spiro atoms. The van der Waals surface area contributed by atoms with Gasteiger partial charge < -0.3 is 4.74 Å². The van der Waals surface area contributed by atoms with Crippen LogP contribution in [0.3, 0.4) is 0 Å². The molecule has 0 aromatic carbocycles. The van der Waals surface area contributed by atoms with Crippen molar-refractivity contribution < 1.29 is 9.53 Å². The summed E-state index contributed by atoms with van der Waals surface area (Å²) in [7, 11) is 0. The minimum absolute atomic E-state index is 0.0544. The van der Waals surface area contributed by atoms with Crippen LogP contribution in [0.25, 0.3) is 0 Å². The van der Waals surface area contributed by atoms with E-state index in [1.165, 1.54) is 51.4 Å². The predicted molar refractivity (Wildman–Crippen MR) is 104 cm³/mol. The molecule has 0 aromatic heterocycles. The second-order valence-electron chi connectivity index (χ2n) is 7.98. The van der Waals surface area contributed by atoms with Gasteiger partial charge in [0.05, 0.1) is 13.2 Å². The summed E-state index contributed by atoms with van der Waals surface area (Å²) >= 11 is 0. The van der Waals surface area contributed by atoms with Gasteiger partial charge >= 0.3 is 5.97 Å². The Hall–Kier alpha value is -0.570. The van der Waals surface area contributed by atoms with Gasteiger partial charge in [0.15, 0.2) is 0 Å². The molecule has 0 amide bonds. The molecule has 0 unspecified atom stereocenters. The molecule has 0 saturated carbocycles. The summed E-state index contributed by atoms with van der Waals surface area (Å²) in [5.74, 6) is 1.54. The molecule has 3 nitrogen and oxygen atoms in total. The Labute approximate surface area is 151 Å². The van der Waals surface area contributed by atoms with Crippen LogP contribution in [0, 0.1) is 11.8 Å². The molecule has 0 fully saturated rings. The quantitative estimate of drug-likeness (QED) is 0.267. The smallest absolute Gasteiger partial charge is 0.320 e. The number of hydrogen-bond donors (Lipinski definition) is 0. The zero-order chi connectivity index (χ0) is 18.2. The maximum absolute atomic E-state index is 11.9. The van der Waals surface area contributed by atoms with Crippen LogP contribution in [-0.4, -0.2) is 37.1 Å². The summed E-state index contributed by atoms with van der Waals surface area (Å²) < 4.78 is 5.26. The highest BCUT2D eigenvalue weighted by Crippen LogP contribution is 2.11. The van der Waals surface area contributed by atoms with E-state index in [9.17, 15) is 4.79 Å². The minimum atomic E-state index is -0.0544. The van der Waals surface area contributed by atoms with E-state index in [1.807, 2.05) is 6.92 Å². The highest BCUT2D eigenvalue weighted by molar-refractivity contribution is 5.71. The van der Waals surface area contributed by atoms with Crippen molar-refractivity contribution in [1.29, 1.82) is 0 Å². The molecule has 0 radical (unpaired) electrons. The van der Waals surface area contributed by atoms with Crippen LogP contribution in [-0.2, 0) is 9.53 Å². The third-order valence-corrected chi connectivity index (χ3v) is 4.33. The first kappa shape index (κ1) is 23.4. The number of rotatable bonds is 16. The lowest BCUT2D eigenvalue weighted by Gasteiger charge is -2.21. The van der Waals surface area contributed by atoms with Gasteiger partial charge in [0.2, 0.25) is 0 Å². The Morgan fingerprint density at radius 2 is 1.33 bits per heavy atom. The van der Waals surface area contributed by atoms with Crippen LogP contribution in [0.4, 0.5) is 0 Å². The molecule has 0 N–H and O–H groups in total. The maximum atomic E-state index is 11.9. The molecule has 0 aromatic rings. The van der Waals surface area contributed by atoms with Crippen molar-refractivity contribution in [3.8, 4) is 0 Å². The SMILES string of the molecule is CCCOC(=O)CN(CCCCCC(C)C)CCCCCC(C)C. The topological polar surface area (TPSA) is 29.5 Å². The van der Waals surface area contributed by atoms with E-state index < -0.39 is 0 Å². The summed E-state index contributed by atoms with van der Waals surface area (Å²) in [6.45, 7) is 14.3. The number of unbranched alkanes of at least 4 members (excludes halogenated alkanes) is 4. The summed E-state index contributed by atoms with van der Waals surface area (Å²) in [5, 5.41) is 0. The molecule has 0 aliphatic heterocycles. The summed E-state index contributed by atoms with van der Waals surface area (Å²) in [6, 6.07) is 0. The highest BCUT2D eigenvalue weighted by atomic mass is 16.5. The number of nitrogens with zero attached hydrogens (tertiary/aromatic N) is 1. The van der Waals surface area contributed by atoms with Crippen LogP contribution in [0.1, 0.15) is 92.4 Å². The Kier molecular flexibility index (Phi) is 15.6. The molecule has 3 heteroatoms. The number of hydrogen-bond acceptors (Lipinski definition) is 3. The molecule has 0 heterocycles. The van der Waals surface area contributed by atoms with Gasteiger partial charge in [0.1, 0.15) is 0 Å². The van der Waals surface area contributed by atoms with Gasteiger partial charge in [-0.15, -0.1) is 0 Å². The van der Waals surface area contributed by atoms with E-state index in [4.69, 9.17) is 4.74 Å². The van der Waals surface area contributed by atoms with Gasteiger partial charge in [0, 0.05) is 0 Å². The first-order chi connectivity index (χ1) is 11.5. The van der Waals surface area contributed by atoms with Gasteiger partial charge in [0.25, 0.3) is 0 Å². The molecule has 0 bridgehead atoms. The number of carbonyl (C=O) groups excluding carboxylic acids is 1. The van der Waals surface area contributed by atoms with Gasteiger partial charge in [-0.25, -0.2) is 0 Å². The third kappa shape index (κ3) is 16.3. The Morgan fingerprint density at radius 1 is 0.833 bits per heavy atom. The van der Waals surface area contributed by atoms with Crippen molar-refractivity contribution in [2.45, 2.75) is 92.4 Å². The average molecular weight is 342 g/mol. The van der Waals surface area contributed by atoms with E-state index in [0.717, 1.165) is 31.3 Å². The number of esters is 1. The molecule has 24 heavy (non-hydrogen) atoms. The lowest BCUT2D eigenvalue weighted by molar-refractivity contribution is -0.145. The van der Waals surface area contributed by atoms with Crippen LogP contribution >= 0.6 is 0 Å². The Balaban J connectivity index is 4.01. The molecule has 0 saturated heterocycles. The zero-order valence-electron chi connectivity index (χ0n) is 17.1. The molecule has 0 atom stereocenters. The van der Waals surface area contributed by atoms with Gasteiger partial charge in [-0.2, -0.15) is 0 Å². The fourth-order valence-electron chi connectivity index (χ4n) is 2.84. The van der Waals surface area contributed by atoms with E-state index in [0.29, 0.717) is 13.2 Å². The lowest BCUT2D eigenvalue weighted by Crippen LogP contribution is -2.33. The van der Waals surface area contributed by atoms with Crippen molar-refractivity contribution in [3.05, 3.63) is 0 Å². The van der Waals surface area contributed by atoms with E-state index in [-0.39, 0.29) is 5.97 Å². The zero-order valence-corrected chi connectivity index (χ0v) is 17.1. The summed E-state index contributed by atoms with van der Waals surface area (Å²) in [5.41, 5.74) is 0. The van der Waals surface area contributed by atoms with Crippen molar-refractivity contribution in [3.63, 3.8) is 0 Å². The summed E-state index contributed by atoms with van der Waals surface area (Å²) in [6.07, 6.45) is 11.1. The fraction of sp³-hybridized carbons (Fsp3) is 0.952. The van der Waals surface area contributed by atoms with Crippen LogP contribution < -0.4 is 0 Å². The molecule has 144 valence electrons.